The quantitative estimate of drug-likeness (QED) is 0.849. The van der Waals surface area contributed by atoms with E-state index in [4.69, 9.17) is 0 Å². The lowest BCUT2D eigenvalue weighted by Gasteiger charge is -2.12. The zero-order chi connectivity index (χ0) is 18.6. The first kappa shape index (κ1) is 19.1. The van der Waals surface area contributed by atoms with E-state index in [-0.39, 0.29) is 30.1 Å². The third kappa shape index (κ3) is 5.63. The van der Waals surface area contributed by atoms with Crippen molar-refractivity contribution >= 4 is 34.0 Å². The average molecular weight is 360 g/mol. The Kier molecular flexibility index (Phi) is 5.89. The number of nitrogens with one attached hydrogen (secondary N) is 2. The van der Waals surface area contributed by atoms with Gasteiger partial charge in [-0.2, -0.15) is 0 Å². The number of carbonyl (C=O) groups is 2. The van der Waals surface area contributed by atoms with Crippen LogP contribution in [0.2, 0.25) is 0 Å². The molecule has 0 bridgehead atoms. The number of rotatable bonds is 5. The minimum atomic E-state index is -0.244. The van der Waals surface area contributed by atoms with E-state index in [9.17, 15) is 9.59 Å². The molecule has 2 rings (SSSR count). The molecule has 0 saturated carbocycles. The first-order valence-electron chi connectivity index (χ1n) is 8.16. The van der Waals surface area contributed by atoms with Crippen LogP contribution >= 0.6 is 11.3 Å². The fourth-order valence-electron chi connectivity index (χ4n) is 2.03. The number of amides is 2. The predicted octanol–water partition coefficient (Wildman–Crippen LogP) is 3.81. The van der Waals surface area contributed by atoms with E-state index >= 15 is 0 Å². The second-order valence-corrected chi connectivity index (χ2v) is 8.04. The van der Waals surface area contributed by atoms with E-state index in [1.807, 2.05) is 52.8 Å². The van der Waals surface area contributed by atoms with Crippen molar-refractivity contribution in [3.05, 3.63) is 34.3 Å². The Hall–Kier alpha value is -2.28. The number of aromatic nitrogens is 2. The molecule has 2 amide bonds. The lowest BCUT2D eigenvalue weighted by atomic mass is 9.98. The van der Waals surface area contributed by atoms with Crippen molar-refractivity contribution in [3.63, 3.8) is 0 Å². The monoisotopic (exact) mass is 360 g/mol. The van der Waals surface area contributed by atoms with Gasteiger partial charge in [-0.3, -0.25) is 9.59 Å². The molecule has 0 spiro atoms. The van der Waals surface area contributed by atoms with Crippen molar-refractivity contribution < 1.29 is 9.59 Å². The molecule has 0 aliphatic rings. The molecule has 25 heavy (non-hydrogen) atoms. The van der Waals surface area contributed by atoms with Crippen LogP contribution in [0.3, 0.4) is 0 Å². The molecule has 7 heteroatoms. The van der Waals surface area contributed by atoms with Crippen LogP contribution in [-0.2, 0) is 15.0 Å². The molecule has 0 aliphatic heterocycles. The van der Waals surface area contributed by atoms with Gasteiger partial charge >= 0.3 is 0 Å². The number of hydrogen-bond acceptors (Lipinski definition) is 5. The van der Waals surface area contributed by atoms with Crippen LogP contribution < -0.4 is 10.6 Å². The van der Waals surface area contributed by atoms with Crippen molar-refractivity contribution in [2.45, 2.75) is 52.9 Å². The van der Waals surface area contributed by atoms with Crippen LogP contribution in [0.5, 0.6) is 0 Å². The van der Waals surface area contributed by atoms with Crippen LogP contribution in [-0.4, -0.2) is 22.0 Å². The second kappa shape index (κ2) is 7.74. The Labute approximate surface area is 152 Å². The van der Waals surface area contributed by atoms with Crippen LogP contribution in [0.25, 0.3) is 0 Å². The smallest absolute Gasteiger partial charge is 0.226 e. The highest BCUT2D eigenvalue weighted by molar-refractivity contribution is 7.15. The molecule has 1 heterocycles. The highest BCUT2D eigenvalue weighted by Gasteiger charge is 2.20. The SMILES string of the molecule is Cc1ccc(NC(=O)CCC(=O)Nc2nnc(C(C)(C)C)s2)cc1C. The van der Waals surface area contributed by atoms with Crippen LogP contribution in [0, 0.1) is 13.8 Å². The van der Waals surface area contributed by atoms with E-state index in [0.29, 0.717) is 5.13 Å². The number of hydrogen-bond donors (Lipinski definition) is 2. The Morgan fingerprint density at radius 3 is 2.20 bits per heavy atom. The Morgan fingerprint density at radius 2 is 1.64 bits per heavy atom. The number of aryl methyl sites for hydroxylation is 2. The molecule has 1 aromatic carbocycles. The first-order chi connectivity index (χ1) is 11.6. The summed E-state index contributed by atoms with van der Waals surface area (Å²) in [6, 6.07) is 5.73. The van der Waals surface area contributed by atoms with Gasteiger partial charge in [0.25, 0.3) is 0 Å². The number of benzene rings is 1. The van der Waals surface area contributed by atoms with E-state index in [1.165, 1.54) is 16.9 Å². The summed E-state index contributed by atoms with van der Waals surface area (Å²) in [5, 5.41) is 14.9. The van der Waals surface area contributed by atoms with Crippen LogP contribution in [0.1, 0.15) is 49.7 Å². The number of anilines is 2. The summed E-state index contributed by atoms with van der Waals surface area (Å²) >= 11 is 1.35. The first-order valence-corrected chi connectivity index (χ1v) is 8.98. The molecule has 1 aromatic heterocycles. The highest BCUT2D eigenvalue weighted by Crippen LogP contribution is 2.27. The van der Waals surface area contributed by atoms with Gasteiger partial charge in [-0.25, -0.2) is 0 Å². The zero-order valence-electron chi connectivity index (χ0n) is 15.3. The summed E-state index contributed by atoms with van der Waals surface area (Å²) in [5.74, 6) is -0.433. The van der Waals surface area contributed by atoms with Gasteiger partial charge in [0.05, 0.1) is 0 Å². The second-order valence-electron chi connectivity index (χ2n) is 7.06. The molecule has 0 saturated heterocycles. The summed E-state index contributed by atoms with van der Waals surface area (Å²) in [7, 11) is 0. The maximum Gasteiger partial charge on any atom is 0.226 e. The molecule has 0 fully saturated rings. The van der Waals surface area contributed by atoms with Crippen molar-refractivity contribution in [1.29, 1.82) is 0 Å². The molecule has 134 valence electrons. The summed E-state index contributed by atoms with van der Waals surface area (Å²) in [4.78, 5) is 24.0. The Morgan fingerprint density at radius 1 is 1.00 bits per heavy atom. The lowest BCUT2D eigenvalue weighted by Crippen LogP contribution is -2.17. The maximum atomic E-state index is 12.0. The molecular formula is C18H24N4O2S. The fourth-order valence-corrected chi connectivity index (χ4v) is 2.85. The topological polar surface area (TPSA) is 84.0 Å². The fraction of sp³-hybridized carbons (Fsp3) is 0.444. The normalized spacial score (nSPS) is 11.2. The molecule has 0 radical (unpaired) electrons. The summed E-state index contributed by atoms with van der Waals surface area (Å²) in [6.07, 6.45) is 0.213. The van der Waals surface area contributed by atoms with Crippen molar-refractivity contribution in [2.24, 2.45) is 0 Å². The van der Waals surface area contributed by atoms with Gasteiger partial charge in [0.2, 0.25) is 16.9 Å². The van der Waals surface area contributed by atoms with Gasteiger partial charge in [0.1, 0.15) is 5.01 Å². The molecule has 2 aromatic rings. The van der Waals surface area contributed by atoms with Gasteiger partial charge in [-0.05, 0) is 37.1 Å². The number of carbonyl (C=O) groups excluding carboxylic acids is 2. The minimum absolute atomic E-state index is 0.0983. The number of nitrogens with zero attached hydrogens (tertiary/aromatic N) is 2. The van der Waals surface area contributed by atoms with E-state index in [0.717, 1.165) is 16.3 Å². The molecule has 2 N–H and O–H groups in total. The van der Waals surface area contributed by atoms with E-state index in [2.05, 4.69) is 20.8 Å². The molecular weight excluding hydrogens is 336 g/mol. The zero-order valence-corrected chi connectivity index (χ0v) is 16.1. The van der Waals surface area contributed by atoms with Crippen molar-refractivity contribution in [2.75, 3.05) is 10.6 Å². The van der Waals surface area contributed by atoms with Crippen LogP contribution in [0.15, 0.2) is 18.2 Å². The Balaban J connectivity index is 1.82. The standard InChI is InChI=1S/C18H24N4O2S/c1-11-6-7-13(10-12(11)2)19-14(23)8-9-15(24)20-17-22-21-16(25-17)18(3,4)5/h6-7,10H,8-9H2,1-5H3,(H,19,23)(H,20,22,24). The third-order valence-corrected chi connectivity index (χ3v) is 4.95. The highest BCUT2D eigenvalue weighted by atomic mass is 32.1. The lowest BCUT2D eigenvalue weighted by molar-refractivity contribution is -0.121. The molecule has 0 aliphatic carbocycles. The molecule has 0 unspecified atom stereocenters. The molecule has 0 atom stereocenters. The minimum Gasteiger partial charge on any atom is -0.326 e. The van der Waals surface area contributed by atoms with Gasteiger partial charge in [-0.1, -0.05) is 38.2 Å². The van der Waals surface area contributed by atoms with E-state index < -0.39 is 0 Å². The maximum absolute atomic E-state index is 12.0. The molecule has 6 nitrogen and oxygen atoms in total. The van der Waals surface area contributed by atoms with Gasteiger partial charge in [-0.15, -0.1) is 10.2 Å². The Bertz CT molecular complexity index is 778. The van der Waals surface area contributed by atoms with Gasteiger partial charge in [0, 0.05) is 23.9 Å². The summed E-state index contributed by atoms with van der Waals surface area (Å²) in [5.41, 5.74) is 2.92. The van der Waals surface area contributed by atoms with Crippen molar-refractivity contribution in [3.8, 4) is 0 Å². The average Bonchev–Trinajstić information content (AvgIpc) is 2.98. The third-order valence-electron chi connectivity index (χ3n) is 3.68. The van der Waals surface area contributed by atoms with Crippen LogP contribution in [0.4, 0.5) is 10.8 Å². The largest absolute Gasteiger partial charge is 0.326 e. The predicted molar refractivity (Wildman–Crippen MR) is 101 cm³/mol. The van der Waals surface area contributed by atoms with Crippen molar-refractivity contribution in [1.82, 2.24) is 10.2 Å². The van der Waals surface area contributed by atoms with E-state index in [1.54, 1.807) is 0 Å². The summed E-state index contributed by atoms with van der Waals surface area (Å²) in [6.45, 7) is 10.1. The van der Waals surface area contributed by atoms with Gasteiger partial charge < -0.3 is 10.6 Å². The summed E-state index contributed by atoms with van der Waals surface area (Å²) < 4.78 is 0. The van der Waals surface area contributed by atoms with Gasteiger partial charge in [0.15, 0.2) is 0 Å².